The van der Waals surface area contributed by atoms with E-state index in [-0.39, 0.29) is 15.5 Å². The van der Waals surface area contributed by atoms with Gasteiger partial charge in [-0.2, -0.15) is 0 Å². The average molecular weight is 464 g/mol. The van der Waals surface area contributed by atoms with E-state index in [9.17, 15) is 13.2 Å². The van der Waals surface area contributed by atoms with Gasteiger partial charge in [-0.05, 0) is 61.2 Å². The molecule has 1 N–H and O–H groups in total. The lowest BCUT2D eigenvalue weighted by molar-refractivity contribution is 0.0951. The molecule has 0 aliphatic carbocycles. The highest BCUT2D eigenvalue weighted by Crippen LogP contribution is 2.22. The second-order valence-corrected chi connectivity index (χ2v) is 10.9. The van der Waals surface area contributed by atoms with Crippen LogP contribution in [0.25, 0.3) is 0 Å². The zero-order chi connectivity index (χ0) is 22.6. The topological polar surface area (TPSA) is 69.7 Å². The maximum absolute atomic E-state index is 12.7. The lowest BCUT2D eigenvalue weighted by atomic mass is 9.98. The number of hydrogen-bond donors (Lipinski definition) is 1. The minimum absolute atomic E-state index is 0.0323. The minimum atomic E-state index is -3.65. The Morgan fingerprint density at radius 1 is 1.13 bits per heavy atom. The first-order valence-electron chi connectivity index (χ1n) is 10.5. The molecule has 168 valence electrons. The second kappa shape index (κ2) is 10.1. The van der Waals surface area contributed by atoms with Crippen molar-refractivity contribution in [2.24, 2.45) is 5.92 Å². The number of benzene rings is 2. The lowest BCUT2D eigenvalue weighted by Crippen LogP contribution is -2.32. The molecule has 2 aromatic carbocycles. The first-order valence-corrected chi connectivity index (χ1v) is 12.3. The van der Waals surface area contributed by atoms with Gasteiger partial charge in [-0.1, -0.05) is 42.8 Å². The molecule has 0 bridgehead atoms. The van der Waals surface area contributed by atoms with Gasteiger partial charge in [0.25, 0.3) is 5.91 Å². The van der Waals surface area contributed by atoms with Crippen LogP contribution < -0.4 is 5.32 Å². The molecule has 1 saturated heterocycles. The van der Waals surface area contributed by atoms with E-state index in [0.29, 0.717) is 6.54 Å². The maximum Gasteiger partial charge on any atom is 0.253 e. The SMILES string of the molecule is CC1CCN(Cc2cccc(CNC(=O)c3cc(S(=O)(=O)N(C)C)ccc3Cl)c2)CC1. The average Bonchev–Trinajstić information content (AvgIpc) is 2.74. The summed E-state index contributed by atoms with van der Waals surface area (Å²) in [6, 6.07) is 12.3. The molecule has 0 aromatic heterocycles. The number of rotatable bonds is 7. The molecule has 1 fully saturated rings. The van der Waals surface area contributed by atoms with Gasteiger partial charge in [0.2, 0.25) is 10.0 Å². The molecule has 0 spiro atoms. The third-order valence-corrected chi connectivity index (χ3v) is 7.83. The molecule has 6 nitrogen and oxygen atoms in total. The van der Waals surface area contributed by atoms with Crippen LogP contribution in [0.1, 0.15) is 41.3 Å². The summed E-state index contributed by atoms with van der Waals surface area (Å²) in [5, 5.41) is 3.07. The molecule has 0 unspecified atom stereocenters. The molecule has 1 aliphatic heterocycles. The van der Waals surface area contributed by atoms with Crippen molar-refractivity contribution in [3.63, 3.8) is 0 Å². The molecule has 0 atom stereocenters. The number of piperidine rings is 1. The molecule has 1 amide bonds. The van der Waals surface area contributed by atoms with Crippen LogP contribution in [0.3, 0.4) is 0 Å². The normalized spacial score (nSPS) is 15.9. The fourth-order valence-corrected chi connectivity index (χ4v) is 4.78. The zero-order valence-corrected chi connectivity index (χ0v) is 19.8. The quantitative estimate of drug-likeness (QED) is 0.678. The van der Waals surface area contributed by atoms with E-state index >= 15 is 0 Å². The van der Waals surface area contributed by atoms with E-state index in [1.165, 1.54) is 50.7 Å². The third kappa shape index (κ3) is 6.07. The number of nitrogens with one attached hydrogen (secondary N) is 1. The summed E-state index contributed by atoms with van der Waals surface area (Å²) in [5.41, 5.74) is 2.35. The van der Waals surface area contributed by atoms with Gasteiger partial charge in [0.15, 0.2) is 0 Å². The fraction of sp³-hybridized carbons (Fsp3) is 0.435. The molecule has 1 heterocycles. The van der Waals surface area contributed by atoms with Gasteiger partial charge in [0, 0.05) is 27.2 Å². The minimum Gasteiger partial charge on any atom is -0.348 e. The molecule has 8 heteroatoms. The summed E-state index contributed by atoms with van der Waals surface area (Å²) < 4.78 is 25.8. The highest BCUT2D eigenvalue weighted by Gasteiger charge is 2.21. The molecule has 0 saturated carbocycles. The number of nitrogens with zero attached hydrogens (tertiary/aromatic N) is 2. The molecular weight excluding hydrogens is 434 g/mol. The van der Waals surface area contributed by atoms with Crippen LogP contribution in [-0.2, 0) is 23.1 Å². The van der Waals surface area contributed by atoms with Gasteiger partial charge < -0.3 is 5.32 Å². The molecule has 1 aliphatic rings. The second-order valence-electron chi connectivity index (χ2n) is 8.39. The summed E-state index contributed by atoms with van der Waals surface area (Å²) >= 11 is 6.17. The smallest absolute Gasteiger partial charge is 0.253 e. The number of hydrogen-bond acceptors (Lipinski definition) is 4. The zero-order valence-electron chi connectivity index (χ0n) is 18.3. The monoisotopic (exact) mass is 463 g/mol. The standard InChI is InChI=1S/C23H30ClN3O3S/c1-17-9-11-27(12-10-17)16-19-6-4-5-18(13-19)15-25-23(28)21-14-20(7-8-22(21)24)31(29,30)26(2)3/h4-8,13-14,17H,9-12,15-16H2,1-3H3,(H,25,28). The van der Waals surface area contributed by atoms with E-state index in [0.717, 1.165) is 35.4 Å². The van der Waals surface area contributed by atoms with Crippen LogP contribution in [0.2, 0.25) is 5.02 Å². The van der Waals surface area contributed by atoms with Gasteiger partial charge in [0.05, 0.1) is 15.5 Å². The fourth-order valence-electron chi connectivity index (χ4n) is 3.64. The summed E-state index contributed by atoms with van der Waals surface area (Å²) in [4.78, 5) is 15.2. The van der Waals surface area contributed by atoms with Crippen LogP contribution >= 0.6 is 11.6 Å². The van der Waals surface area contributed by atoms with Crippen LogP contribution in [0.15, 0.2) is 47.4 Å². The first-order chi connectivity index (χ1) is 14.7. The largest absolute Gasteiger partial charge is 0.348 e. The van der Waals surface area contributed by atoms with E-state index in [2.05, 4.69) is 29.3 Å². The van der Waals surface area contributed by atoms with Gasteiger partial charge in [0.1, 0.15) is 0 Å². The lowest BCUT2D eigenvalue weighted by Gasteiger charge is -2.30. The van der Waals surface area contributed by atoms with Crippen molar-refractivity contribution in [1.29, 1.82) is 0 Å². The van der Waals surface area contributed by atoms with Crippen molar-refractivity contribution in [2.45, 2.75) is 37.8 Å². The number of likely N-dealkylation sites (tertiary alicyclic amines) is 1. The van der Waals surface area contributed by atoms with E-state index < -0.39 is 15.9 Å². The van der Waals surface area contributed by atoms with Gasteiger partial charge in [-0.25, -0.2) is 12.7 Å². The van der Waals surface area contributed by atoms with Crippen LogP contribution in [0, 0.1) is 5.92 Å². The van der Waals surface area contributed by atoms with Crippen molar-refractivity contribution in [2.75, 3.05) is 27.2 Å². The van der Waals surface area contributed by atoms with Crippen molar-refractivity contribution in [3.8, 4) is 0 Å². The highest BCUT2D eigenvalue weighted by molar-refractivity contribution is 7.89. The van der Waals surface area contributed by atoms with E-state index in [1.807, 2.05) is 12.1 Å². The van der Waals surface area contributed by atoms with E-state index in [4.69, 9.17) is 11.6 Å². The first kappa shape index (κ1) is 23.7. The van der Waals surface area contributed by atoms with Crippen molar-refractivity contribution < 1.29 is 13.2 Å². The Bertz CT molecular complexity index is 1030. The predicted molar refractivity (Wildman–Crippen MR) is 124 cm³/mol. The number of halogens is 1. The van der Waals surface area contributed by atoms with Gasteiger partial charge in [-0.15, -0.1) is 0 Å². The third-order valence-electron chi connectivity index (χ3n) is 5.69. The summed E-state index contributed by atoms with van der Waals surface area (Å²) in [6.07, 6.45) is 2.47. The van der Waals surface area contributed by atoms with Gasteiger partial charge in [-0.3, -0.25) is 9.69 Å². The highest BCUT2D eigenvalue weighted by atomic mass is 35.5. The van der Waals surface area contributed by atoms with Crippen LogP contribution in [-0.4, -0.2) is 50.7 Å². The van der Waals surface area contributed by atoms with Crippen molar-refractivity contribution in [1.82, 2.24) is 14.5 Å². The Kier molecular flexibility index (Phi) is 7.75. The van der Waals surface area contributed by atoms with Crippen molar-refractivity contribution >= 4 is 27.5 Å². The molecule has 0 radical (unpaired) electrons. The van der Waals surface area contributed by atoms with Crippen LogP contribution in [0.5, 0.6) is 0 Å². The molecule has 3 rings (SSSR count). The summed E-state index contributed by atoms with van der Waals surface area (Å²) in [5.74, 6) is 0.395. The molecule has 2 aromatic rings. The number of amides is 1. The van der Waals surface area contributed by atoms with Crippen molar-refractivity contribution in [3.05, 3.63) is 64.2 Å². The summed E-state index contributed by atoms with van der Waals surface area (Å²) in [6.45, 7) is 5.79. The molecule has 31 heavy (non-hydrogen) atoms. The van der Waals surface area contributed by atoms with Gasteiger partial charge >= 0.3 is 0 Å². The number of sulfonamides is 1. The van der Waals surface area contributed by atoms with Crippen LogP contribution in [0.4, 0.5) is 0 Å². The Labute approximate surface area is 190 Å². The molecular formula is C23H30ClN3O3S. The Hall–Kier alpha value is -1.93. The van der Waals surface area contributed by atoms with E-state index in [1.54, 1.807) is 0 Å². The predicted octanol–water partition coefficient (Wildman–Crippen LogP) is 3.75. The maximum atomic E-state index is 12.7. The summed E-state index contributed by atoms with van der Waals surface area (Å²) in [7, 11) is -0.759. The number of carbonyl (C=O) groups is 1. The Morgan fingerprint density at radius 2 is 1.81 bits per heavy atom. The number of carbonyl (C=O) groups excluding carboxylic acids is 1. The Balaban J connectivity index is 1.66. The Morgan fingerprint density at radius 3 is 2.48 bits per heavy atom.